The average molecular weight is 389 g/mol. The van der Waals surface area contributed by atoms with Crippen LogP contribution in [-0.4, -0.2) is 60.5 Å². The highest BCUT2D eigenvalue weighted by molar-refractivity contribution is 7.15. The number of hydrogen-bond acceptors (Lipinski definition) is 6. The van der Waals surface area contributed by atoms with Crippen molar-refractivity contribution in [2.75, 3.05) is 45.8 Å². The number of nitrogens with one attached hydrogen (secondary N) is 1. The molecule has 1 aromatic heterocycles. The lowest BCUT2D eigenvalue weighted by molar-refractivity contribution is -0.384. The molecule has 2 heterocycles. The number of thiophene rings is 1. The van der Waals surface area contributed by atoms with Crippen LogP contribution in [-0.2, 0) is 6.54 Å². The molecule has 0 spiro atoms. The summed E-state index contributed by atoms with van der Waals surface area (Å²) in [6.07, 6.45) is 1.15. The van der Waals surface area contributed by atoms with Crippen molar-refractivity contribution in [1.29, 1.82) is 0 Å². The number of piperazine rings is 1. The summed E-state index contributed by atoms with van der Waals surface area (Å²) < 4.78 is 0. The van der Waals surface area contributed by atoms with Crippen molar-refractivity contribution >= 4 is 17.0 Å². The first-order valence-electron chi connectivity index (χ1n) is 9.65. The summed E-state index contributed by atoms with van der Waals surface area (Å²) in [5.41, 5.74) is 0.868. The second-order valence-corrected chi connectivity index (χ2v) is 8.01. The molecule has 0 unspecified atom stereocenters. The number of para-hydroxylation sites is 1. The third-order valence-corrected chi connectivity index (χ3v) is 6.19. The average Bonchev–Trinajstić information content (AvgIpc) is 3.17. The van der Waals surface area contributed by atoms with E-state index in [9.17, 15) is 10.1 Å². The molecule has 0 saturated carbocycles. The van der Waals surface area contributed by atoms with E-state index in [0.29, 0.717) is 5.56 Å². The minimum absolute atomic E-state index is 0.169. The standard InChI is InChI=1S/C20H28N4O2S/c1-2-22-12-14-23(15-13-22)11-5-10-21-16-17-8-9-20(27-17)18-6-3-4-7-19(18)24(25)26/h3-4,6-9,21H,2,5,10-16H2,1H3. The molecular weight excluding hydrogens is 360 g/mol. The van der Waals surface area contributed by atoms with Gasteiger partial charge in [0.05, 0.1) is 10.5 Å². The summed E-state index contributed by atoms with van der Waals surface area (Å²) in [5, 5.41) is 14.7. The van der Waals surface area contributed by atoms with E-state index in [4.69, 9.17) is 0 Å². The van der Waals surface area contributed by atoms with Crippen molar-refractivity contribution in [1.82, 2.24) is 15.1 Å². The first-order chi connectivity index (χ1) is 13.2. The van der Waals surface area contributed by atoms with E-state index in [1.807, 2.05) is 18.2 Å². The minimum atomic E-state index is -0.312. The number of nitro benzene ring substituents is 1. The Kier molecular flexibility index (Phi) is 7.34. The molecule has 0 atom stereocenters. The van der Waals surface area contributed by atoms with E-state index in [2.05, 4.69) is 28.1 Å². The molecule has 1 aromatic carbocycles. The monoisotopic (exact) mass is 388 g/mol. The number of nitrogens with zero attached hydrogens (tertiary/aromatic N) is 3. The van der Waals surface area contributed by atoms with Crippen LogP contribution in [0.3, 0.4) is 0 Å². The molecule has 1 aliphatic rings. The number of likely N-dealkylation sites (N-methyl/N-ethyl adjacent to an activating group) is 1. The van der Waals surface area contributed by atoms with Crippen molar-refractivity contribution in [3.05, 3.63) is 51.4 Å². The molecule has 1 fully saturated rings. The Bertz CT molecular complexity index is 741. The van der Waals surface area contributed by atoms with Crippen molar-refractivity contribution < 1.29 is 4.92 Å². The molecule has 0 bridgehead atoms. The SMILES string of the molecule is CCN1CCN(CCCNCc2ccc(-c3ccccc3[N+](=O)[O-])s2)CC1. The Morgan fingerprint density at radius 1 is 1.11 bits per heavy atom. The lowest BCUT2D eigenvalue weighted by Gasteiger charge is -2.33. The van der Waals surface area contributed by atoms with Gasteiger partial charge in [-0.2, -0.15) is 0 Å². The van der Waals surface area contributed by atoms with Gasteiger partial charge in [-0.15, -0.1) is 11.3 Å². The van der Waals surface area contributed by atoms with Gasteiger partial charge in [-0.25, -0.2) is 0 Å². The third kappa shape index (κ3) is 5.59. The van der Waals surface area contributed by atoms with Gasteiger partial charge in [0.25, 0.3) is 5.69 Å². The van der Waals surface area contributed by atoms with Crippen LogP contribution < -0.4 is 5.32 Å². The maximum absolute atomic E-state index is 11.2. The van der Waals surface area contributed by atoms with E-state index in [-0.39, 0.29) is 10.6 Å². The highest BCUT2D eigenvalue weighted by Gasteiger charge is 2.16. The Morgan fingerprint density at radius 2 is 1.85 bits per heavy atom. The predicted octanol–water partition coefficient (Wildman–Crippen LogP) is 3.44. The van der Waals surface area contributed by atoms with Crippen LogP contribution in [0.15, 0.2) is 36.4 Å². The predicted molar refractivity (Wildman–Crippen MR) is 111 cm³/mol. The first-order valence-corrected chi connectivity index (χ1v) is 10.5. The number of nitro groups is 1. The largest absolute Gasteiger partial charge is 0.312 e. The van der Waals surface area contributed by atoms with Gasteiger partial charge in [0.1, 0.15) is 0 Å². The molecular formula is C20H28N4O2S. The summed E-state index contributed by atoms with van der Waals surface area (Å²) in [4.78, 5) is 18.1. The number of hydrogen-bond donors (Lipinski definition) is 1. The topological polar surface area (TPSA) is 61.6 Å². The zero-order valence-corrected chi connectivity index (χ0v) is 16.7. The summed E-state index contributed by atoms with van der Waals surface area (Å²) >= 11 is 1.62. The van der Waals surface area contributed by atoms with Crippen molar-refractivity contribution in [2.24, 2.45) is 0 Å². The molecule has 0 aliphatic carbocycles. The summed E-state index contributed by atoms with van der Waals surface area (Å²) in [6, 6.07) is 11.0. The van der Waals surface area contributed by atoms with E-state index in [1.54, 1.807) is 23.5 Å². The van der Waals surface area contributed by atoms with Gasteiger partial charge in [-0.3, -0.25) is 10.1 Å². The van der Waals surface area contributed by atoms with Crippen LogP contribution in [0.4, 0.5) is 5.69 Å². The second-order valence-electron chi connectivity index (χ2n) is 6.85. The van der Waals surface area contributed by atoms with Gasteiger partial charge in [0.2, 0.25) is 0 Å². The van der Waals surface area contributed by atoms with Crippen LogP contribution in [0.25, 0.3) is 10.4 Å². The molecule has 27 heavy (non-hydrogen) atoms. The maximum Gasteiger partial charge on any atom is 0.278 e. The van der Waals surface area contributed by atoms with Crippen LogP contribution >= 0.6 is 11.3 Å². The second kappa shape index (κ2) is 9.94. The van der Waals surface area contributed by atoms with Gasteiger partial charge < -0.3 is 15.1 Å². The fourth-order valence-corrected chi connectivity index (χ4v) is 4.44. The highest BCUT2D eigenvalue weighted by atomic mass is 32.1. The molecule has 7 heteroatoms. The number of benzene rings is 1. The lowest BCUT2D eigenvalue weighted by Crippen LogP contribution is -2.46. The van der Waals surface area contributed by atoms with Crippen LogP contribution in [0.1, 0.15) is 18.2 Å². The molecule has 1 N–H and O–H groups in total. The van der Waals surface area contributed by atoms with Crippen molar-refractivity contribution in [3.8, 4) is 10.4 Å². The minimum Gasteiger partial charge on any atom is -0.312 e. The summed E-state index contributed by atoms with van der Waals surface area (Å²) in [5.74, 6) is 0. The normalized spacial score (nSPS) is 15.9. The Labute approximate surface area is 164 Å². The van der Waals surface area contributed by atoms with Gasteiger partial charge in [-0.05, 0) is 44.3 Å². The Balaban J connectivity index is 1.41. The maximum atomic E-state index is 11.2. The summed E-state index contributed by atoms with van der Waals surface area (Å²) in [6.45, 7) is 11.1. The van der Waals surface area contributed by atoms with Gasteiger partial charge in [-0.1, -0.05) is 19.1 Å². The quantitative estimate of drug-likeness (QED) is 0.405. The van der Waals surface area contributed by atoms with Crippen molar-refractivity contribution in [2.45, 2.75) is 19.9 Å². The lowest BCUT2D eigenvalue weighted by atomic mass is 10.1. The van der Waals surface area contributed by atoms with E-state index in [0.717, 1.165) is 37.5 Å². The molecule has 0 amide bonds. The molecule has 0 radical (unpaired) electrons. The van der Waals surface area contributed by atoms with Crippen LogP contribution in [0.2, 0.25) is 0 Å². The molecule has 3 rings (SSSR count). The first kappa shape index (κ1) is 19.9. The fourth-order valence-electron chi connectivity index (χ4n) is 3.43. The third-order valence-electron chi connectivity index (χ3n) is 5.07. The van der Waals surface area contributed by atoms with Crippen molar-refractivity contribution in [3.63, 3.8) is 0 Å². The smallest absolute Gasteiger partial charge is 0.278 e. The zero-order chi connectivity index (χ0) is 19.1. The Morgan fingerprint density at radius 3 is 2.59 bits per heavy atom. The highest BCUT2D eigenvalue weighted by Crippen LogP contribution is 2.34. The number of rotatable bonds is 9. The van der Waals surface area contributed by atoms with Gasteiger partial charge >= 0.3 is 0 Å². The Hall–Kier alpha value is -1.80. The van der Waals surface area contributed by atoms with Gasteiger partial charge in [0.15, 0.2) is 0 Å². The molecule has 1 saturated heterocycles. The van der Waals surface area contributed by atoms with Crippen LogP contribution in [0.5, 0.6) is 0 Å². The van der Waals surface area contributed by atoms with E-state index >= 15 is 0 Å². The summed E-state index contributed by atoms with van der Waals surface area (Å²) in [7, 11) is 0. The van der Waals surface area contributed by atoms with Crippen LogP contribution in [0, 0.1) is 10.1 Å². The molecule has 6 nitrogen and oxygen atoms in total. The molecule has 2 aromatic rings. The zero-order valence-electron chi connectivity index (χ0n) is 15.9. The molecule has 1 aliphatic heterocycles. The fraction of sp³-hybridized carbons (Fsp3) is 0.500. The van der Waals surface area contributed by atoms with E-state index in [1.165, 1.54) is 31.1 Å². The van der Waals surface area contributed by atoms with Gasteiger partial charge in [0, 0.05) is 48.5 Å². The van der Waals surface area contributed by atoms with E-state index < -0.39 is 0 Å². The molecule has 146 valence electrons.